The second kappa shape index (κ2) is 8.46. The molecule has 1 atom stereocenters. The van der Waals surface area contributed by atoms with Gasteiger partial charge >= 0.3 is 0 Å². The van der Waals surface area contributed by atoms with E-state index < -0.39 is 0 Å². The fourth-order valence-electron chi connectivity index (χ4n) is 4.52. The largest absolute Gasteiger partial charge is 0.302 e. The van der Waals surface area contributed by atoms with Crippen molar-refractivity contribution < 1.29 is 0 Å². The summed E-state index contributed by atoms with van der Waals surface area (Å²) < 4.78 is 0. The summed E-state index contributed by atoms with van der Waals surface area (Å²) >= 11 is 0. The lowest BCUT2D eigenvalue weighted by atomic mass is 9.89. The predicted molar refractivity (Wildman–Crippen MR) is 103 cm³/mol. The summed E-state index contributed by atoms with van der Waals surface area (Å²) in [5.74, 6) is 0.775. The SMILES string of the molecule is CC(C)N1CCN(CCN2CCC(c3ccccc3)CC2)C[C@@H]1C. The Morgan fingerprint density at radius 2 is 1.58 bits per heavy atom. The lowest BCUT2D eigenvalue weighted by molar-refractivity contribution is 0.0528. The Balaban J connectivity index is 1.38. The zero-order valence-corrected chi connectivity index (χ0v) is 15.8. The smallest absolute Gasteiger partial charge is 0.0198 e. The summed E-state index contributed by atoms with van der Waals surface area (Å²) in [5, 5.41) is 0. The van der Waals surface area contributed by atoms with E-state index in [1.54, 1.807) is 0 Å². The van der Waals surface area contributed by atoms with Gasteiger partial charge in [-0.3, -0.25) is 9.80 Å². The molecule has 3 rings (SSSR count). The maximum atomic E-state index is 2.68. The summed E-state index contributed by atoms with van der Waals surface area (Å²) in [4.78, 5) is 7.99. The first-order chi connectivity index (χ1) is 11.6. The van der Waals surface area contributed by atoms with Gasteiger partial charge in [-0.1, -0.05) is 30.3 Å². The first kappa shape index (κ1) is 17.9. The van der Waals surface area contributed by atoms with E-state index in [2.05, 4.69) is 65.8 Å². The van der Waals surface area contributed by atoms with Crippen molar-refractivity contribution >= 4 is 0 Å². The lowest BCUT2D eigenvalue weighted by Crippen LogP contribution is -2.55. The molecule has 0 unspecified atom stereocenters. The van der Waals surface area contributed by atoms with Gasteiger partial charge in [0, 0.05) is 44.8 Å². The van der Waals surface area contributed by atoms with Gasteiger partial charge in [0.1, 0.15) is 0 Å². The molecule has 2 saturated heterocycles. The van der Waals surface area contributed by atoms with Gasteiger partial charge in [-0.2, -0.15) is 0 Å². The Morgan fingerprint density at radius 1 is 0.917 bits per heavy atom. The lowest BCUT2D eigenvalue weighted by Gasteiger charge is -2.43. The summed E-state index contributed by atoms with van der Waals surface area (Å²) in [6, 6.07) is 12.5. The molecule has 2 fully saturated rings. The summed E-state index contributed by atoms with van der Waals surface area (Å²) in [5.41, 5.74) is 1.54. The van der Waals surface area contributed by atoms with E-state index in [0.717, 1.165) is 5.92 Å². The number of piperazine rings is 1. The van der Waals surface area contributed by atoms with Crippen LogP contribution >= 0.6 is 0 Å². The third-order valence-corrected chi connectivity index (χ3v) is 6.02. The van der Waals surface area contributed by atoms with Crippen LogP contribution in [0.2, 0.25) is 0 Å². The van der Waals surface area contributed by atoms with Crippen molar-refractivity contribution in [3.63, 3.8) is 0 Å². The molecule has 24 heavy (non-hydrogen) atoms. The van der Waals surface area contributed by atoms with Crippen LogP contribution in [0.5, 0.6) is 0 Å². The molecule has 0 spiro atoms. The van der Waals surface area contributed by atoms with Crippen LogP contribution in [0.15, 0.2) is 30.3 Å². The van der Waals surface area contributed by atoms with Crippen molar-refractivity contribution in [3.8, 4) is 0 Å². The normalized spacial score (nSPS) is 25.4. The van der Waals surface area contributed by atoms with Crippen LogP contribution in [0.4, 0.5) is 0 Å². The van der Waals surface area contributed by atoms with Gasteiger partial charge in [0.05, 0.1) is 0 Å². The van der Waals surface area contributed by atoms with Crippen molar-refractivity contribution in [2.75, 3.05) is 45.8 Å². The van der Waals surface area contributed by atoms with E-state index in [9.17, 15) is 0 Å². The summed E-state index contributed by atoms with van der Waals surface area (Å²) in [6.45, 7) is 15.8. The Labute approximate surface area is 148 Å². The molecule has 1 aromatic carbocycles. The minimum atomic E-state index is 0.680. The number of likely N-dealkylation sites (tertiary alicyclic amines) is 1. The third-order valence-electron chi connectivity index (χ3n) is 6.02. The molecule has 0 amide bonds. The van der Waals surface area contributed by atoms with Crippen LogP contribution in [-0.2, 0) is 0 Å². The third kappa shape index (κ3) is 4.59. The highest BCUT2D eigenvalue weighted by Crippen LogP contribution is 2.27. The Morgan fingerprint density at radius 3 is 2.21 bits per heavy atom. The van der Waals surface area contributed by atoms with Gasteiger partial charge in [0.2, 0.25) is 0 Å². The number of benzene rings is 1. The quantitative estimate of drug-likeness (QED) is 0.821. The number of piperidine rings is 1. The highest BCUT2D eigenvalue weighted by Gasteiger charge is 2.26. The summed E-state index contributed by atoms with van der Waals surface area (Å²) in [7, 11) is 0. The van der Waals surface area contributed by atoms with Crippen molar-refractivity contribution in [2.24, 2.45) is 0 Å². The predicted octanol–water partition coefficient (Wildman–Crippen LogP) is 3.28. The molecular formula is C21H35N3. The molecule has 1 aromatic rings. The average Bonchev–Trinajstić information content (AvgIpc) is 2.61. The van der Waals surface area contributed by atoms with Crippen molar-refractivity contribution in [3.05, 3.63) is 35.9 Å². The zero-order chi connectivity index (χ0) is 16.9. The fraction of sp³-hybridized carbons (Fsp3) is 0.714. The molecular weight excluding hydrogens is 294 g/mol. The first-order valence-electron chi connectivity index (χ1n) is 9.89. The van der Waals surface area contributed by atoms with Gasteiger partial charge in [-0.15, -0.1) is 0 Å². The highest BCUT2D eigenvalue weighted by molar-refractivity contribution is 5.20. The molecule has 134 valence electrons. The topological polar surface area (TPSA) is 9.72 Å². The second-order valence-electron chi connectivity index (χ2n) is 8.01. The molecule has 2 aliphatic rings. The standard InChI is InChI=1S/C21H35N3/c1-18(2)24-16-15-23(17-19(24)3)14-13-22-11-9-21(10-12-22)20-7-5-4-6-8-20/h4-8,18-19,21H,9-17H2,1-3H3/t19-/m0/s1. The molecule has 0 bridgehead atoms. The minimum absolute atomic E-state index is 0.680. The van der Waals surface area contributed by atoms with Crippen LogP contribution in [0.3, 0.4) is 0 Å². The van der Waals surface area contributed by atoms with Crippen molar-refractivity contribution in [1.82, 2.24) is 14.7 Å². The molecule has 2 aliphatic heterocycles. The van der Waals surface area contributed by atoms with Crippen LogP contribution in [0.25, 0.3) is 0 Å². The molecule has 0 aromatic heterocycles. The molecule has 3 heteroatoms. The molecule has 2 heterocycles. The van der Waals surface area contributed by atoms with E-state index in [1.165, 1.54) is 64.2 Å². The van der Waals surface area contributed by atoms with E-state index in [0.29, 0.717) is 12.1 Å². The van der Waals surface area contributed by atoms with E-state index in [1.807, 2.05) is 0 Å². The molecule has 3 nitrogen and oxygen atoms in total. The van der Waals surface area contributed by atoms with Gasteiger partial charge < -0.3 is 4.90 Å². The monoisotopic (exact) mass is 329 g/mol. The average molecular weight is 330 g/mol. The van der Waals surface area contributed by atoms with E-state index in [-0.39, 0.29) is 0 Å². The maximum Gasteiger partial charge on any atom is 0.0198 e. The second-order valence-corrected chi connectivity index (χ2v) is 8.01. The molecule has 0 aliphatic carbocycles. The van der Waals surface area contributed by atoms with E-state index >= 15 is 0 Å². The van der Waals surface area contributed by atoms with Crippen LogP contribution in [0, 0.1) is 0 Å². The zero-order valence-electron chi connectivity index (χ0n) is 15.8. The van der Waals surface area contributed by atoms with Crippen molar-refractivity contribution in [1.29, 1.82) is 0 Å². The minimum Gasteiger partial charge on any atom is -0.302 e. The van der Waals surface area contributed by atoms with Crippen LogP contribution in [-0.4, -0.2) is 72.6 Å². The Kier molecular flexibility index (Phi) is 6.31. The van der Waals surface area contributed by atoms with Crippen LogP contribution in [0.1, 0.15) is 45.1 Å². The Hall–Kier alpha value is -0.900. The highest BCUT2D eigenvalue weighted by atomic mass is 15.3. The van der Waals surface area contributed by atoms with E-state index in [4.69, 9.17) is 0 Å². The number of hydrogen-bond donors (Lipinski definition) is 0. The summed E-state index contributed by atoms with van der Waals surface area (Å²) in [6.07, 6.45) is 2.64. The molecule has 0 radical (unpaired) electrons. The van der Waals surface area contributed by atoms with Crippen LogP contribution < -0.4 is 0 Å². The Bertz CT molecular complexity index is 479. The van der Waals surface area contributed by atoms with Gasteiger partial charge in [0.15, 0.2) is 0 Å². The number of rotatable bonds is 5. The van der Waals surface area contributed by atoms with Crippen molar-refractivity contribution in [2.45, 2.75) is 51.6 Å². The number of hydrogen-bond acceptors (Lipinski definition) is 3. The molecule has 0 saturated carbocycles. The fourth-order valence-corrected chi connectivity index (χ4v) is 4.52. The van der Waals surface area contributed by atoms with Gasteiger partial charge in [0.25, 0.3) is 0 Å². The maximum absolute atomic E-state index is 2.68. The molecule has 0 N–H and O–H groups in total. The van der Waals surface area contributed by atoms with Gasteiger partial charge in [-0.25, -0.2) is 0 Å². The van der Waals surface area contributed by atoms with Gasteiger partial charge in [-0.05, 0) is 58.2 Å². The number of nitrogens with zero attached hydrogens (tertiary/aromatic N) is 3. The first-order valence-corrected chi connectivity index (χ1v) is 9.89.